The maximum Gasteiger partial charge on any atom is 0.232 e. The topological polar surface area (TPSA) is 56.6 Å². The van der Waals surface area contributed by atoms with E-state index in [4.69, 9.17) is 9.47 Å². The first-order valence-electron chi connectivity index (χ1n) is 5.27. The third kappa shape index (κ3) is 4.72. The zero-order chi connectivity index (χ0) is 11.8. The van der Waals surface area contributed by atoms with Gasteiger partial charge < -0.3 is 9.47 Å². The summed E-state index contributed by atoms with van der Waals surface area (Å²) >= 11 is 0. The van der Waals surface area contributed by atoms with Crippen molar-refractivity contribution in [2.24, 2.45) is 4.99 Å². The molecule has 0 spiro atoms. The molecule has 0 fully saturated rings. The van der Waals surface area contributed by atoms with Crippen LogP contribution in [-0.4, -0.2) is 35.6 Å². The smallest absolute Gasteiger partial charge is 0.232 e. The molecule has 1 rings (SSSR count). The van der Waals surface area contributed by atoms with Crippen LogP contribution >= 0.6 is 0 Å². The fourth-order valence-corrected chi connectivity index (χ4v) is 0.919. The fraction of sp³-hybridized carbons (Fsp3) is 0.545. The summed E-state index contributed by atoms with van der Waals surface area (Å²) in [5.74, 6) is 0.508. The molecular weight excluding hydrogens is 206 g/mol. The molecule has 1 heterocycles. The van der Waals surface area contributed by atoms with Gasteiger partial charge in [0, 0.05) is 6.54 Å². The first kappa shape index (κ1) is 12.4. The van der Waals surface area contributed by atoms with Crippen LogP contribution in [0.25, 0.3) is 0 Å². The second kappa shape index (κ2) is 6.76. The van der Waals surface area contributed by atoms with E-state index in [1.54, 1.807) is 12.4 Å². The molecule has 0 saturated carbocycles. The third-order valence-electron chi connectivity index (χ3n) is 1.77. The minimum Gasteiger partial charge on any atom is -0.477 e. The number of aliphatic imine (C=N–C) groups is 1. The van der Waals surface area contributed by atoms with E-state index in [1.165, 1.54) is 6.40 Å². The molecule has 5 heteroatoms. The van der Waals surface area contributed by atoms with Gasteiger partial charge in [-0.3, -0.25) is 9.98 Å². The highest BCUT2D eigenvalue weighted by Crippen LogP contribution is 2.04. The van der Waals surface area contributed by atoms with Crippen molar-refractivity contribution < 1.29 is 9.47 Å². The maximum atomic E-state index is 5.39. The predicted octanol–water partition coefficient (Wildman–Crippen LogP) is 1.62. The van der Waals surface area contributed by atoms with Crippen molar-refractivity contribution in [1.29, 1.82) is 0 Å². The summed E-state index contributed by atoms with van der Waals surface area (Å²) in [5.41, 5.74) is 0.867. The summed E-state index contributed by atoms with van der Waals surface area (Å²) < 4.78 is 10.7. The van der Waals surface area contributed by atoms with Crippen LogP contribution in [0, 0.1) is 6.92 Å². The van der Waals surface area contributed by atoms with Crippen molar-refractivity contribution in [3.8, 4) is 5.88 Å². The van der Waals surface area contributed by atoms with Crippen LogP contribution in [0.15, 0.2) is 17.4 Å². The molecule has 88 valence electrons. The molecule has 0 aliphatic carbocycles. The average molecular weight is 223 g/mol. The largest absolute Gasteiger partial charge is 0.477 e. The molecular formula is C11H17N3O2. The van der Waals surface area contributed by atoms with E-state index in [-0.39, 0.29) is 6.10 Å². The summed E-state index contributed by atoms with van der Waals surface area (Å²) in [6.45, 7) is 6.88. The Kier molecular flexibility index (Phi) is 5.25. The Labute approximate surface area is 95.5 Å². The van der Waals surface area contributed by atoms with E-state index in [1.807, 2.05) is 20.8 Å². The van der Waals surface area contributed by atoms with Crippen molar-refractivity contribution in [3.63, 3.8) is 0 Å². The lowest BCUT2D eigenvalue weighted by Gasteiger charge is -2.11. The minimum absolute atomic E-state index is 0.0570. The molecule has 0 aromatic carbocycles. The summed E-state index contributed by atoms with van der Waals surface area (Å²) in [7, 11) is 0. The van der Waals surface area contributed by atoms with Gasteiger partial charge in [0.2, 0.25) is 5.88 Å². The van der Waals surface area contributed by atoms with Gasteiger partial charge in [-0.25, -0.2) is 4.98 Å². The highest BCUT2D eigenvalue weighted by atomic mass is 16.5. The van der Waals surface area contributed by atoms with Gasteiger partial charge in [-0.2, -0.15) is 0 Å². The molecule has 0 saturated heterocycles. The average Bonchev–Trinajstić information content (AvgIpc) is 2.29. The summed E-state index contributed by atoms with van der Waals surface area (Å²) in [6, 6.07) is 0. The van der Waals surface area contributed by atoms with Crippen LogP contribution in [0.1, 0.15) is 19.5 Å². The van der Waals surface area contributed by atoms with Crippen molar-refractivity contribution in [1.82, 2.24) is 9.97 Å². The van der Waals surface area contributed by atoms with Gasteiger partial charge in [0.15, 0.2) is 6.40 Å². The monoisotopic (exact) mass is 223 g/mol. The highest BCUT2D eigenvalue weighted by molar-refractivity contribution is 5.46. The first-order chi connectivity index (χ1) is 7.72. The second-order valence-electron chi connectivity index (χ2n) is 3.36. The van der Waals surface area contributed by atoms with E-state index < -0.39 is 0 Å². The molecule has 0 aliphatic rings. The van der Waals surface area contributed by atoms with Crippen LogP contribution in [-0.2, 0) is 4.74 Å². The summed E-state index contributed by atoms with van der Waals surface area (Å²) in [5, 5.41) is 0. The molecule has 0 bridgehead atoms. The van der Waals surface area contributed by atoms with E-state index in [2.05, 4.69) is 15.0 Å². The van der Waals surface area contributed by atoms with Gasteiger partial charge >= 0.3 is 0 Å². The van der Waals surface area contributed by atoms with Crippen LogP contribution in [0.4, 0.5) is 0 Å². The van der Waals surface area contributed by atoms with E-state index in [0.29, 0.717) is 12.5 Å². The number of aromatic nitrogens is 2. The molecule has 1 aromatic rings. The summed E-state index contributed by atoms with van der Waals surface area (Å²) in [6.07, 6.45) is 4.66. The van der Waals surface area contributed by atoms with Gasteiger partial charge in [0.25, 0.3) is 0 Å². The minimum atomic E-state index is -0.0570. The normalized spacial score (nSPS) is 12.7. The van der Waals surface area contributed by atoms with Gasteiger partial charge in [0.05, 0.1) is 18.1 Å². The van der Waals surface area contributed by atoms with Gasteiger partial charge in [-0.1, -0.05) is 0 Å². The van der Waals surface area contributed by atoms with Gasteiger partial charge in [-0.05, 0) is 20.8 Å². The number of hydrogen-bond acceptors (Lipinski definition) is 5. The van der Waals surface area contributed by atoms with Crippen LogP contribution in [0.2, 0.25) is 0 Å². The number of aryl methyl sites for hydroxylation is 1. The summed E-state index contributed by atoms with van der Waals surface area (Å²) in [4.78, 5) is 12.1. The van der Waals surface area contributed by atoms with Gasteiger partial charge in [-0.15, -0.1) is 0 Å². The fourth-order valence-electron chi connectivity index (χ4n) is 0.919. The standard InChI is InChI=1S/C11H17N3O2/c1-4-12-8-16-10(3)7-15-11-6-13-9(2)5-14-11/h5-6,8,10H,4,7H2,1-3H3. The lowest BCUT2D eigenvalue weighted by molar-refractivity contribution is 0.136. The predicted molar refractivity (Wildman–Crippen MR) is 61.8 cm³/mol. The van der Waals surface area contributed by atoms with Crippen molar-refractivity contribution in [2.75, 3.05) is 13.2 Å². The molecule has 0 aliphatic heterocycles. The van der Waals surface area contributed by atoms with E-state index >= 15 is 0 Å². The van der Waals surface area contributed by atoms with Crippen molar-refractivity contribution in [2.45, 2.75) is 26.9 Å². The Morgan fingerprint density at radius 3 is 2.88 bits per heavy atom. The Morgan fingerprint density at radius 1 is 1.44 bits per heavy atom. The highest BCUT2D eigenvalue weighted by Gasteiger charge is 2.03. The molecule has 0 radical (unpaired) electrons. The zero-order valence-corrected chi connectivity index (χ0v) is 9.88. The Balaban J connectivity index is 2.28. The van der Waals surface area contributed by atoms with E-state index in [9.17, 15) is 0 Å². The Bertz CT molecular complexity index is 325. The third-order valence-corrected chi connectivity index (χ3v) is 1.77. The van der Waals surface area contributed by atoms with Crippen molar-refractivity contribution in [3.05, 3.63) is 18.1 Å². The molecule has 5 nitrogen and oxygen atoms in total. The Hall–Kier alpha value is -1.65. The number of rotatable bonds is 6. The van der Waals surface area contributed by atoms with Crippen LogP contribution < -0.4 is 4.74 Å². The van der Waals surface area contributed by atoms with Gasteiger partial charge in [0.1, 0.15) is 12.7 Å². The molecule has 1 unspecified atom stereocenters. The quantitative estimate of drug-likeness (QED) is 0.543. The number of hydrogen-bond donors (Lipinski definition) is 0. The Morgan fingerprint density at radius 2 is 2.25 bits per heavy atom. The first-order valence-corrected chi connectivity index (χ1v) is 5.27. The lowest BCUT2D eigenvalue weighted by Crippen LogP contribution is -2.17. The molecule has 0 amide bonds. The second-order valence-corrected chi connectivity index (χ2v) is 3.36. The van der Waals surface area contributed by atoms with Crippen LogP contribution in [0.3, 0.4) is 0 Å². The molecule has 1 aromatic heterocycles. The lowest BCUT2D eigenvalue weighted by atomic mass is 10.4. The maximum absolute atomic E-state index is 5.39. The van der Waals surface area contributed by atoms with Crippen molar-refractivity contribution >= 4 is 6.40 Å². The number of nitrogens with zero attached hydrogens (tertiary/aromatic N) is 3. The van der Waals surface area contributed by atoms with E-state index in [0.717, 1.165) is 12.2 Å². The molecule has 0 N–H and O–H groups in total. The SMILES string of the molecule is CCN=COC(C)COc1cnc(C)cn1. The zero-order valence-electron chi connectivity index (χ0n) is 9.88. The molecule has 16 heavy (non-hydrogen) atoms. The molecule has 1 atom stereocenters. The number of ether oxygens (including phenoxy) is 2. The van der Waals surface area contributed by atoms with Crippen LogP contribution in [0.5, 0.6) is 5.88 Å².